The van der Waals surface area contributed by atoms with Crippen LogP contribution in [0.25, 0.3) is 0 Å². The van der Waals surface area contributed by atoms with E-state index in [0.717, 1.165) is 30.3 Å². The lowest BCUT2D eigenvalue weighted by atomic mass is 9.73. The van der Waals surface area contributed by atoms with Crippen molar-refractivity contribution >= 4 is 12.0 Å². The molecule has 0 atom stereocenters. The molecule has 3 heteroatoms. The number of hydrogen-bond donors (Lipinski definition) is 1. The van der Waals surface area contributed by atoms with Crippen LogP contribution in [-0.4, -0.2) is 17.2 Å². The Hall–Kier alpha value is -1.12. The van der Waals surface area contributed by atoms with Gasteiger partial charge in [0.15, 0.2) is 0 Å². The van der Waals surface area contributed by atoms with E-state index >= 15 is 0 Å². The van der Waals surface area contributed by atoms with Crippen LogP contribution in [0.5, 0.6) is 0 Å². The highest BCUT2D eigenvalue weighted by molar-refractivity contribution is 6.05. The minimum absolute atomic E-state index is 0.0833. The summed E-state index contributed by atoms with van der Waals surface area (Å²) in [5.41, 5.74) is 2.14. The molecule has 0 saturated carbocycles. The van der Waals surface area contributed by atoms with Gasteiger partial charge in [-0.15, -0.1) is 0 Å². The lowest BCUT2D eigenvalue weighted by molar-refractivity contribution is -0.105. The molecular formula is C10H15NO2. The Kier molecular flexibility index (Phi) is 2.55. The molecule has 0 radical (unpaired) electrons. The Bertz CT molecular complexity index is 287. The van der Waals surface area contributed by atoms with E-state index < -0.39 is 0 Å². The SMILES string of the molecule is CC1=C(C=O)C(C)(C)CC/C1=N\O. The highest BCUT2D eigenvalue weighted by Gasteiger charge is 2.31. The zero-order valence-electron chi connectivity index (χ0n) is 8.29. The smallest absolute Gasteiger partial charge is 0.146 e. The molecule has 0 aromatic heterocycles. The van der Waals surface area contributed by atoms with Gasteiger partial charge in [0.05, 0.1) is 5.71 Å². The fraction of sp³-hybridized carbons (Fsp3) is 0.600. The summed E-state index contributed by atoms with van der Waals surface area (Å²) in [7, 11) is 0. The van der Waals surface area contributed by atoms with Gasteiger partial charge >= 0.3 is 0 Å². The first-order valence-electron chi connectivity index (χ1n) is 4.41. The van der Waals surface area contributed by atoms with Crippen molar-refractivity contribution in [3.05, 3.63) is 11.1 Å². The van der Waals surface area contributed by atoms with Crippen LogP contribution >= 0.6 is 0 Å². The maximum absolute atomic E-state index is 10.9. The fourth-order valence-corrected chi connectivity index (χ4v) is 1.79. The Morgan fingerprint density at radius 2 is 2.15 bits per heavy atom. The van der Waals surface area contributed by atoms with E-state index in [1.165, 1.54) is 0 Å². The second kappa shape index (κ2) is 3.32. The lowest BCUT2D eigenvalue weighted by Gasteiger charge is -2.31. The van der Waals surface area contributed by atoms with Gasteiger partial charge in [0.25, 0.3) is 0 Å². The van der Waals surface area contributed by atoms with Crippen molar-refractivity contribution in [2.45, 2.75) is 33.6 Å². The van der Waals surface area contributed by atoms with E-state index in [1.54, 1.807) is 0 Å². The fourth-order valence-electron chi connectivity index (χ4n) is 1.79. The first-order valence-corrected chi connectivity index (χ1v) is 4.41. The molecule has 0 amide bonds. The van der Waals surface area contributed by atoms with Crippen molar-refractivity contribution in [2.75, 3.05) is 0 Å². The Morgan fingerprint density at radius 3 is 2.62 bits per heavy atom. The highest BCUT2D eigenvalue weighted by atomic mass is 16.4. The number of allylic oxidation sites excluding steroid dienone is 2. The Morgan fingerprint density at radius 1 is 1.54 bits per heavy atom. The summed E-state index contributed by atoms with van der Waals surface area (Å²) in [6, 6.07) is 0. The molecule has 72 valence electrons. The van der Waals surface area contributed by atoms with Crippen LogP contribution in [0, 0.1) is 5.41 Å². The monoisotopic (exact) mass is 181 g/mol. The molecule has 0 aromatic rings. The summed E-state index contributed by atoms with van der Waals surface area (Å²) in [5.74, 6) is 0. The second-order valence-electron chi connectivity index (χ2n) is 4.09. The van der Waals surface area contributed by atoms with Gasteiger partial charge in [-0.05, 0) is 30.8 Å². The van der Waals surface area contributed by atoms with E-state index in [-0.39, 0.29) is 5.41 Å². The van der Waals surface area contributed by atoms with Crippen LogP contribution in [-0.2, 0) is 4.79 Å². The molecule has 0 aliphatic heterocycles. The topological polar surface area (TPSA) is 49.7 Å². The van der Waals surface area contributed by atoms with Crippen molar-refractivity contribution in [2.24, 2.45) is 10.6 Å². The first-order chi connectivity index (χ1) is 6.03. The third kappa shape index (κ3) is 1.64. The predicted molar refractivity (Wildman–Crippen MR) is 51.0 cm³/mol. The number of carbonyl (C=O) groups is 1. The summed E-state index contributed by atoms with van der Waals surface area (Å²) in [5, 5.41) is 11.9. The third-order valence-electron chi connectivity index (χ3n) is 2.79. The molecule has 3 nitrogen and oxygen atoms in total. The van der Waals surface area contributed by atoms with Crippen LogP contribution in [0.15, 0.2) is 16.3 Å². The second-order valence-corrected chi connectivity index (χ2v) is 4.09. The van der Waals surface area contributed by atoms with Crippen molar-refractivity contribution in [1.29, 1.82) is 0 Å². The number of aldehydes is 1. The maximum atomic E-state index is 10.9. The molecule has 0 bridgehead atoms. The summed E-state index contributed by atoms with van der Waals surface area (Å²) in [4.78, 5) is 10.9. The van der Waals surface area contributed by atoms with Crippen molar-refractivity contribution in [1.82, 2.24) is 0 Å². The van der Waals surface area contributed by atoms with Gasteiger partial charge in [-0.3, -0.25) is 4.79 Å². The lowest BCUT2D eigenvalue weighted by Crippen LogP contribution is -2.26. The highest BCUT2D eigenvalue weighted by Crippen LogP contribution is 2.37. The van der Waals surface area contributed by atoms with E-state index in [1.807, 2.05) is 20.8 Å². The van der Waals surface area contributed by atoms with Gasteiger partial charge < -0.3 is 5.21 Å². The van der Waals surface area contributed by atoms with Crippen LogP contribution in [0.2, 0.25) is 0 Å². The molecule has 0 aromatic carbocycles. The van der Waals surface area contributed by atoms with E-state index in [4.69, 9.17) is 5.21 Å². The molecule has 1 aliphatic carbocycles. The Balaban J connectivity index is 3.21. The third-order valence-corrected chi connectivity index (χ3v) is 2.79. The zero-order chi connectivity index (χ0) is 10.1. The summed E-state index contributed by atoms with van der Waals surface area (Å²) >= 11 is 0. The molecule has 0 spiro atoms. The average Bonchev–Trinajstić information content (AvgIpc) is 2.04. The molecule has 0 saturated heterocycles. The normalized spacial score (nSPS) is 25.0. The minimum atomic E-state index is -0.0833. The van der Waals surface area contributed by atoms with Gasteiger partial charge in [0, 0.05) is 5.57 Å². The molecule has 1 rings (SSSR count). The first kappa shape index (κ1) is 9.96. The number of hydrogen-bond acceptors (Lipinski definition) is 3. The van der Waals surface area contributed by atoms with Gasteiger partial charge in [0.1, 0.15) is 6.29 Å². The standard InChI is InChI=1S/C10H15NO2/c1-7-8(6-12)10(2,3)5-4-9(7)11-13/h6,13H,4-5H2,1-3H3/b11-9+. The number of oxime groups is 1. The van der Waals surface area contributed by atoms with Gasteiger partial charge in [-0.1, -0.05) is 19.0 Å². The van der Waals surface area contributed by atoms with Crippen LogP contribution in [0.1, 0.15) is 33.6 Å². The van der Waals surface area contributed by atoms with E-state index in [9.17, 15) is 4.79 Å². The zero-order valence-corrected chi connectivity index (χ0v) is 8.29. The summed E-state index contributed by atoms with van der Waals surface area (Å²) < 4.78 is 0. The minimum Gasteiger partial charge on any atom is -0.411 e. The average molecular weight is 181 g/mol. The molecule has 0 heterocycles. The number of rotatable bonds is 1. The summed E-state index contributed by atoms with van der Waals surface area (Å²) in [6.07, 6.45) is 2.48. The molecular weight excluding hydrogens is 166 g/mol. The predicted octanol–water partition coefficient (Wildman–Crippen LogP) is 2.15. The molecule has 0 unspecified atom stereocenters. The van der Waals surface area contributed by atoms with Crippen LogP contribution < -0.4 is 0 Å². The Labute approximate surface area is 78.1 Å². The van der Waals surface area contributed by atoms with Gasteiger partial charge in [-0.25, -0.2) is 0 Å². The number of nitrogens with zero attached hydrogens (tertiary/aromatic N) is 1. The van der Waals surface area contributed by atoms with Crippen LogP contribution in [0.4, 0.5) is 0 Å². The molecule has 1 aliphatic rings. The molecule has 1 N–H and O–H groups in total. The van der Waals surface area contributed by atoms with E-state index in [2.05, 4.69) is 5.16 Å². The molecule has 13 heavy (non-hydrogen) atoms. The van der Waals surface area contributed by atoms with Crippen molar-refractivity contribution < 1.29 is 10.0 Å². The maximum Gasteiger partial charge on any atom is 0.146 e. The van der Waals surface area contributed by atoms with Crippen LogP contribution in [0.3, 0.4) is 0 Å². The van der Waals surface area contributed by atoms with Gasteiger partial charge in [0.2, 0.25) is 0 Å². The molecule has 0 fully saturated rings. The quantitative estimate of drug-likeness (QED) is 0.383. The number of carbonyl (C=O) groups excluding carboxylic acids is 1. The summed E-state index contributed by atoms with van der Waals surface area (Å²) in [6.45, 7) is 5.91. The largest absolute Gasteiger partial charge is 0.411 e. The van der Waals surface area contributed by atoms with E-state index in [0.29, 0.717) is 5.71 Å². The van der Waals surface area contributed by atoms with Gasteiger partial charge in [-0.2, -0.15) is 0 Å². The van der Waals surface area contributed by atoms with Crippen molar-refractivity contribution in [3.8, 4) is 0 Å². The van der Waals surface area contributed by atoms with Crippen molar-refractivity contribution in [3.63, 3.8) is 0 Å².